The van der Waals surface area contributed by atoms with E-state index in [0.717, 1.165) is 6.42 Å². The monoisotopic (exact) mass is 211 g/mol. The number of unbranched alkanes of at least 4 members (excludes halogenated alkanes) is 1. The molecule has 0 bridgehead atoms. The Balaban J connectivity index is 3.80. The van der Waals surface area contributed by atoms with Crippen LogP contribution in [0.3, 0.4) is 0 Å². The average Bonchev–Trinajstić information content (AvgIpc) is 1.98. The predicted molar refractivity (Wildman–Crippen MR) is 51.7 cm³/mol. The lowest BCUT2D eigenvalue weighted by atomic mass is 10.4. The van der Waals surface area contributed by atoms with Gasteiger partial charge < -0.3 is 0 Å². The van der Waals surface area contributed by atoms with Gasteiger partial charge in [0, 0.05) is 11.6 Å². The third kappa shape index (κ3) is 6.64. The fourth-order valence-corrected chi connectivity index (χ4v) is 1.95. The van der Waals surface area contributed by atoms with Crippen LogP contribution in [0.25, 0.3) is 0 Å². The first-order valence-corrected chi connectivity index (χ1v) is 5.81. The van der Waals surface area contributed by atoms with Crippen LogP contribution in [0.4, 0.5) is 0 Å². The molecular formula is C7H14ClNO2S. The van der Waals surface area contributed by atoms with Crippen molar-refractivity contribution in [2.24, 2.45) is 0 Å². The Bertz CT molecular complexity index is 236. The largest absolute Gasteiger partial charge is 0.212 e. The molecule has 0 atom stereocenters. The minimum Gasteiger partial charge on any atom is -0.212 e. The van der Waals surface area contributed by atoms with Crippen LogP contribution in [-0.4, -0.2) is 20.7 Å². The van der Waals surface area contributed by atoms with Crippen molar-refractivity contribution in [1.82, 2.24) is 4.72 Å². The summed E-state index contributed by atoms with van der Waals surface area (Å²) in [5.41, 5.74) is 0. The topological polar surface area (TPSA) is 46.2 Å². The lowest BCUT2D eigenvalue weighted by Gasteiger charge is -2.03. The lowest BCUT2D eigenvalue weighted by Crippen LogP contribution is -2.27. The molecule has 0 aliphatic heterocycles. The Morgan fingerprint density at radius 2 is 2.17 bits per heavy atom. The summed E-state index contributed by atoms with van der Waals surface area (Å²) in [4.78, 5) is 0. The van der Waals surface area contributed by atoms with Gasteiger partial charge in [-0.3, -0.25) is 0 Å². The summed E-state index contributed by atoms with van der Waals surface area (Å²) in [5.74, 6) is 0.160. The van der Waals surface area contributed by atoms with Crippen molar-refractivity contribution in [2.75, 3.05) is 12.3 Å². The molecule has 0 aromatic carbocycles. The highest BCUT2D eigenvalue weighted by Gasteiger charge is 2.07. The molecule has 72 valence electrons. The van der Waals surface area contributed by atoms with E-state index >= 15 is 0 Å². The van der Waals surface area contributed by atoms with Crippen molar-refractivity contribution >= 4 is 21.6 Å². The third-order valence-electron chi connectivity index (χ3n) is 1.25. The summed E-state index contributed by atoms with van der Waals surface area (Å²) >= 11 is 5.40. The third-order valence-corrected chi connectivity index (χ3v) is 2.79. The molecule has 12 heavy (non-hydrogen) atoms. The fourth-order valence-electron chi connectivity index (χ4n) is 0.595. The van der Waals surface area contributed by atoms with E-state index in [4.69, 9.17) is 11.6 Å². The Labute approximate surface area is 78.9 Å². The minimum atomic E-state index is -3.13. The molecule has 0 radical (unpaired) electrons. The van der Waals surface area contributed by atoms with Gasteiger partial charge in [-0.15, -0.1) is 0 Å². The minimum absolute atomic E-state index is 0.119. The number of sulfonamides is 1. The van der Waals surface area contributed by atoms with Crippen LogP contribution < -0.4 is 4.72 Å². The molecule has 0 heterocycles. The van der Waals surface area contributed by atoms with Crippen LogP contribution >= 0.6 is 11.6 Å². The first-order valence-electron chi connectivity index (χ1n) is 3.78. The molecule has 0 aromatic rings. The van der Waals surface area contributed by atoms with Gasteiger partial charge in [-0.2, -0.15) is 0 Å². The van der Waals surface area contributed by atoms with E-state index in [-0.39, 0.29) is 12.3 Å². The van der Waals surface area contributed by atoms with Crippen molar-refractivity contribution in [3.8, 4) is 0 Å². The van der Waals surface area contributed by atoms with Crippen LogP contribution in [0.1, 0.15) is 19.8 Å². The van der Waals surface area contributed by atoms with Gasteiger partial charge >= 0.3 is 0 Å². The van der Waals surface area contributed by atoms with Crippen molar-refractivity contribution < 1.29 is 8.42 Å². The molecule has 5 heteroatoms. The van der Waals surface area contributed by atoms with Crippen molar-refractivity contribution in [3.63, 3.8) is 0 Å². The summed E-state index contributed by atoms with van der Waals surface area (Å²) in [6.07, 6.45) is 1.53. The molecule has 0 spiro atoms. The second kappa shape index (κ2) is 5.56. The van der Waals surface area contributed by atoms with Crippen molar-refractivity contribution in [3.05, 3.63) is 11.6 Å². The van der Waals surface area contributed by atoms with Gasteiger partial charge in [0.25, 0.3) is 0 Å². The van der Waals surface area contributed by atoms with Crippen LogP contribution in [-0.2, 0) is 10.0 Å². The molecular weight excluding hydrogens is 198 g/mol. The molecule has 3 nitrogen and oxygen atoms in total. The second-order valence-electron chi connectivity index (χ2n) is 2.51. The molecule has 0 fully saturated rings. The molecule has 1 N–H and O–H groups in total. The van der Waals surface area contributed by atoms with Crippen LogP contribution in [0.5, 0.6) is 0 Å². The van der Waals surface area contributed by atoms with E-state index in [2.05, 4.69) is 11.3 Å². The van der Waals surface area contributed by atoms with Crippen LogP contribution in [0.2, 0.25) is 0 Å². The average molecular weight is 212 g/mol. The summed E-state index contributed by atoms with van der Waals surface area (Å²) in [5, 5.41) is 0.301. The maximum atomic E-state index is 11.1. The summed E-state index contributed by atoms with van der Waals surface area (Å²) in [6.45, 7) is 5.44. The summed E-state index contributed by atoms with van der Waals surface area (Å²) < 4.78 is 24.5. The second-order valence-corrected chi connectivity index (χ2v) is 4.97. The highest BCUT2D eigenvalue weighted by atomic mass is 35.5. The van der Waals surface area contributed by atoms with E-state index in [1.807, 2.05) is 6.92 Å². The summed E-state index contributed by atoms with van der Waals surface area (Å²) in [7, 11) is -3.13. The Morgan fingerprint density at radius 1 is 1.58 bits per heavy atom. The molecule has 0 aromatic heterocycles. The first kappa shape index (κ1) is 11.9. The Hall–Kier alpha value is -0.0600. The number of hydrogen-bond donors (Lipinski definition) is 1. The maximum Gasteiger partial charge on any atom is 0.211 e. The highest BCUT2D eigenvalue weighted by molar-refractivity contribution is 7.89. The molecule has 0 saturated heterocycles. The zero-order valence-electron chi connectivity index (χ0n) is 7.14. The van der Waals surface area contributed by atoms with Gasteiger partial charge in [0.1, 0.15) is 0 Å². The van der Waals surface area contributed by atoms with Crippen LogP contribution in [0.15, 0.2) is 11.6 Å². The zero-order chi connectivity index (χ0) is 9.61. The summed E-state index contributed by atoms with van der Waals surface area (Å²) in [6, 6.07) is 0. The Kier molecular flexibility index (Phi) is 5.53. The highest BCUT2D eigenvalue weighted by Crippen LogP contribution is 1.97. The predicted octanol–water partition coefficient (Wildman–Crippen LogP) is 1.46. The van der Waals surface area contributed by atoms with E-state index in [1.165, 1.54) is 0 Å². The normalized spacial score (nSPS) is 11.5. The van der Waals surface area contributed by atoms with E-state index in [9.17, 15) is 8.42 Å². The lowest BCUT2D eigenvalue weighted by molar-refractivity contribution is 0.582. The van der Waals surface area contributed by atoms with Gasteiger partial charge in [-0.05, 0) is 6.42 Å². The van der Waals surface area contributed by atoms with Gasteiger partial charge in [-0.1, -0.05) is 31.5 Å². The number of hydrogen-bond acceptors (Lipinski definition) is 2. The fraction of sp³-hybridized carbons (Fsp3) is 0.714. The SMILES string of the molecule is C=C(Cl)CNS(=O)(=O)CCCC. The number of rotatable bonds is 6. The van der Waals surface area contributed by atoms with Gasteiger partial charge in [0.15, 0.2) is 0 Å². The first-order chi connectivity index (χ1) is 5.48. The Morgan fingerprint density at radius 3 is 2.58 bits per heavy atom. The van der Waals surface area contributed by atoms with Crippen LogP contribution in [0, 0.1) is 0 Å². The molecule has 0 aliphatic carbocycles. The molecule has 0 aliphatic rings. The standard InChI is InChI=1S/C7H14ClNO2S/c1-3-4-5-12(10,11)9-6-7(2)8/h9H,2-6H2,1H3. The van der Waals surface area contributed by atoms with Gasteiger partial charge in [-0.25, -0.2) is 13.1 Å². The molecule has 0 unspecified atom stereocenters. The van der Waals surface area contributed by atoms with Crippen molar-refractivity contribution in [1.29, 1.82) is 0 Å². The number of nitrogens with one attached hydrogen (secondary N) is 1. The van der Waals surface area contributed by atoms with E-state index in [1.54, 1.807) is 0 Å². The molecule has 0 saturated carbocycles. The van der Waals surface area contributed by atoms with Gasteiger partial charge in [0.05, 0.1) is 5.75 Å². The zero-order valence-corrected chi connectivity index (χ0v) is 8.71. The van der Waals surface area contributed by atoms with E-state index in [0.29, 0.717) is 11.5 Å². The molecule has 0 rings (SSSR count). The maximum absolute atomic E-state index is 11.1. The number of halogens is 1. The van der Waals surface area contributed by atoms with E-state index < -0.39 is 10.0 Å². The smallest absolute Gasteiger partial charge is 0.211 e. The van der Waals surface area contributed by atoms with Gasteiger partial charge in [0.2, 0.25) is 10.0 Å². The van der Waals surface area contributed by atoms with Crippen molar-refractivity contribution in [2.45, 2.75) is 19.8 Å². The quantitative estimate of drug-likeness (QED) is 0.723. The molecule has 0 amide bonds.